The van der Waals surface area contributed by atoms with Gasteiger partial charge in [-0.1, -0.05) is 49.4 Å². The minimum Gasteiger partial charge on any atom is -0.457 e. The summed E-state index contributed by atoms with van der Waals surface area (Å²) in [6.45, 7) is -0.342. The number of anilines is 1. The van der Waals surface area contributed by atoms with Gasteiger partial charge in [0.05, 0.1) is 6.54 Å². The summed E-state index contributed by atoms with van der Waals surface area (Å²) < 4.78 is 141. The molecule has 3 rings (SSSR count). The minimum absolute atomic E-state index is 0.0967. The van der Waals surface area contributed by atoms with Crippen LogP contribution in [-0.2, 0) is 18.9 Å². The quantitative estimate of drug-likeness (QED) is 0.244. The highest BCUT2D eigenvalue weighted by molar-refractivity contribution is 5.53. The molecule has 40 heavy (non-hydrogen) atoms. The lowest BCUT2D eigenvalue weighted by atomic mass is 9.96. The number of aliphatic hydroxyl groups excluding tert-OH is 1. The Balaban J connectivity index is 2.03. The molecular formula is C27H23F10NO2. The maximum atomic E-state index is 14.6. The molecule has 0 bridgehead atoms. The molecular weight excluding hydrogens is 560 g/mol. The maximum absolute atomic E-state index is 14.6. The van der Waals surface area contributed by atoms with Crippen LogP contribution in [0.5, 0.6) is 11.5 Å². The lowest BCUT2D eigenvalue weighted by Crippen LogP contribution is -2.50. The average Bonchev–Trinajstić information content (AvgIpc) is 2.87. The predicted molar refractivity (Wildman–Crippen MR) is 127 cm³/mol. The Bertz CT molecular complexity index is 1290. The zero-order chi connectivity index (χ0) is 29.9. The number of benzene rings is 3. The fraction of sp³-hybridized carbons (Fsp3) is 0.333. The minimum atomic E-state index is -6.61. The van der Waals surface area contributed by atoms with Gasteiger partial charge in [-0.3, -0.25) is 0 Å². The summed E-state index contributed by atoms with van der Waals surface area (Å²) in [5, 5.41) is 9.71. The van der Waals surface area contributed by atoms with E-state index in [1.54, 1.807) is 18.2 Å². The Morgan fingerprint density at radius 2 is 1.38 bits per heavy atom. The van der Waals surface area contributed by atoms with E-state index in [0.29, 0.717) is 18.2 Å². The molecule has 1 N–H and O–H groups in total. The zero-order valence-corrected chi connectivity index (χ0v) is 20.7. The van der Waals surface area contributed by atoms with E-state index in [0.717, 1.165) is 28.7 Å². The van der Waals surface area contributed by atoms with Crippen molar-refractivity contribution in [1.29, 1.82) is 0 Å². The second kappa shape index (κ2) is 11.6. The third kappa shape index (κ3) is 6.80. The van der Waals surface area contributed by atoms with Crippen molar-refractivity contribution >= 4 is 5.69 Å². The molecule has 218 valence electrons. The zero-order valence-electron chi connectivity index (χ0n) is 20.7. The van der Waals surface area contributed by atoms with E-state index in [4.69, 9.17) is 4.74 Å². The molecule has 0 heterocycles. The van der Waals surface area contributed by atoms with Crippen molar-refractivity contribution < 1.29 is 53.7 Å². The van der Waals surface area contributed by atoms with Crippen molar-refractivity contribution in [3.05, 3.63) is 89.5 Å². The molecule has 3 aromatic rings. The van der Waals surface area contributed by atoms with Gasteiger partial charge in [0.15, 0.2) is 6.10 Å². The first-order valence-electron chi connectivity index (χ1n) is 11.7. The summed E-state index contributed by atoms with van der Waals surface area (Å²) in [5.41, 5.74) is -1.75. The van der Waals surface area contributed by atoms with Crippen LogP contribution in [0.25, 0.3) is 0 Å². The van der Waals surface area contributed by atoms with Gasteiger partial charge in [0.25, 0.3) is 0 Å². The monoisotopic (exact) mass is 583 g/mol. The van der Waals surface area contributed by atoms with E-state index in [-0.39, 0.29) is 11.4 Å². The van der Waals surface area contributed by atoms with Crippen molar-refractivity contribution in [1.82, 2.24) is 0 Å². The van der Waals surface area contributed by atoms with Crippen molar-refractivity contribution in [3.63, 3.8) is 0 Å². The van der Waals surface area contributed by atoms with E-state index >= 15 is 0 Å². The van der Waals surface area contributed by atoms with Crippen LogP contribution in [0, 0.1) is 0 Å². The van der Waals surface area contributed by atoms with E-state index in [1.165, 1.54) is 24.3 Å². The molecule has 13 heteroatoms. The maximum Gasteiger partial charge on any atom is 0.460 e. The lowest BCUT2D eigenvalue weighted by Gasteiger charge is -2.32. The molecule has 0 saturated heterocycles. The fourth-order valence-corrected chi connectivity index (χ4v) is 3.80. The van der Waals surface area contributed by atoms with Gasteiger partial charge in [0.1, 0.15) is 11.5 Å². The largest absolute Gasteiger partial charge is 0.460 e. The molecule has 3 nitrogen and oxygen atoms in total. The van der Waals surface area contributed by atoms with Crippen LogP contribution in [0.2, 0.25) is 0 Å². The number of aryl methyl sites for hydroxylation is 1. The number of alkyl halides is 10. The standard InChI is InChI=1S/C27H23F10NO2/c1-2-17-7-5-10-20(13-17)40-21-11-6-9-19(14-21)38(16-23(39)25(30,31)32)15-18-8-3-4-12-22(18)24(28,29)26(33,34)27(35,36)37/h3-14,23,39H,2,15-16H2,1H3/t23-/m1/s1. The third-order valence-corrected chi connectivity index (χ3v) is 5.96. The number of ether oxygens (including phenoxy) is 1. The predicted octanol–water partition coefficient (Wildman–Crippen LogP) is 8.26. The smallest absolute Gasteiger partial charge is 0.457 e. The molecule has 0 amide bonds. The lowest BCUT2D eigenvalue weighted by molar-refractivity contribution is -0.359. The first-order chi connectivity index (χ1) is 18.5. The third-order valence-electron chi connectivity index (χ3n) is 5.96. The van der Waals surface area contributed by atoms with Crippen LogP contribution in [-0.4, -0.2) is 36.0 Å². The molecule has 3 aromatic carbocycles. The summed E-state index contributed by atoms with van der Waals surface area (Å²) in [4.78, 5) is 0.730. The Hall–Kier alpha value is -3.48. The van der Waals surface area contributed by atoms with Crippen molar-refractivity contribution in [2.24, 2.45) is 0 Å². The van der Waals surface area contributed by atoms with Gasteiger partial charge in [-0.05, 0) is 41.8 Å². The van der Waals surface area contributed by atoms with Gasteiger partial charge in [-0.25, -0.2) is 0 Å². The molecule has 0 saturated carbocycles. The van der Waals surface area contributed by atoms with E-state index < -0.39 is 54.5 Å². The number of nitrogens with zero attached hydrogens (tertiary/aromatic N) is 1. The number of rotatable bonds is 10. The highest BCUT2D eigenvalue weighted by atomic mass is 19.4. The highest BCUT2D eigenvalue weighted by Crippen LogP contribution is 2.52. The van der Waals surface area contributed by atoms with E-state index in [2.05, 4.69) is 0 Å². The molecule has 0 aliphatic heterocycles. The fourth-order valence-electron chi connectivity index (χ4n) is 3.80. The molecule has 0 fully saturated rings. The van der Waals surface area contributed by atoms with Crippen LogP contribution in [0.15, 0.2) is 72.8 Å². The molecule has 0 unspecified atom stereocenters. The van der Waals surface area contributed by atoms with Gasteiger partial charge in [-0.2, -0.15) is 43.9 Å². The second-order valence-electron chi connectivity index (χ2n) is 8.84. The first-order valence-corrected chi connectivity index (χ1v) is 11.7. The van der Waals surface area contributed by atoms with Crippen molar-refractivity contribution in [2.75, 3.05) is 11.4 Å². The van der Waals surface area contributed by atoms with Gasteiger partial charge >= 0.3 is 24.2 Å². The van der Waals surface area contributed by atoms with Gasteiger partial charge in [-0.15, -0.1) is 0 Å². The second-order valence-corrected chi connectivity index (χ2v) is 8.84. The van der Waals surface area contributed by atoms with Crippen LogP contribution in [0.1, 0.15) is 23.6 Å². The van der Waals surface area contributed by atoms with Gasteiger partial charge in [0, 0.05) is 23.9 Å². The van der Waals surface area contributed by atoms with E-state index in [9.17, 15) is 49.0 Å². The van der Waals surface area contributed by atoms with Crippen molar-refractivity contribution in [3.8, 4) is 11.5 Å². The average molecular weight is 583 g/mol. The van der Waals surface area contributed by atoms with Gasteiger partial charge < -0.3 is 14.7 Å². The van der Waals surface area contributed by atoms with Gasteiger partial charge in [0.2, 0.25) is 0 Å². The van der Waals surface area contributed by atoms with Crippen LogP contribution < -0.4 is 9.64 Å². The molecule has 0 aliphatic carbocycles. The molecule has 0 spiro atoms. The van der Waals surface area contributed by atoms with Crippen LogP contribution >= 0.6 is 0 Å². The number of aliphatic hydroxyl groups is 1. The number of hydrogen-bond acceptors (Lipinski definition) is 3. The number of halogens is 10. The summed E-state index contributed by atoms with van der Waals surface area (Å²) in [6.07, 6.45) is -14.1. The van der Waals surface area contributed by atoms with E-state index in [1.807, 2.05) is 13.0 Å². The Morgan fingerprint density at radius 3 is 1.98 bits per heavy atom. The molecule has 0 aromatic heterocycles. The normalized spacial score (nSPS) is 13.7. The summed E-state index contributed by atoms with van der Waals surface area (Å²) in [7, 11) is 0. The highest BCUT2D eigenvalue weighted by Gasteiger charge is 2.73. The summed E-state index contributed by atoms with van der Waals surface area (Å²) in [5.74, 6) is -11.8. The van der Waals surface area contributed by atoms with Crippen molar-refractivity contribution in [2.45, 2.75) is 50.2 Å². The SMILES string of the molecule is CCc1cccc(Oc2cccc(N(Cc3ccccc3C(F)(F)C(F)(F)C(F)(F)F)C[C@@H](O)C(F)(F)F)c2)c1. The molecule has 0 aliphatic rings. The number of hydrogen-bond donors (Lipinski definition) is 1. The molecule has 0 radical (unpaired) electrons. The Morgan fingerprint density at radius 1 is 0.775 bits per heavy atom. The van der Waals surface area contributed by atoms with Crippen LogP contribution in [0.4, 0.5) is 49.6 Å². The topological polar surface area (TPSA) is 32.7 Å². The Kier molecular flexibility index (Phi) is 8.97. The first kappa shape index (κ1) is 31.1. The van der Waals surface area contributed by atoms with Crippen LogP contribution in [0.3, 0.4) is 0 Å². The molecule has 1 atom stereocenters. The summed E-state index contributed by atoms with van der Waals surface area (Å²) >= 11 is 0. The summed E-state index contributed by atoms with van der Waals surface area (Å²) in [6, 6.07) is 15.1. The Labute approximate surface area is 222 Å².